The summed E-state index contributed by atoms with van der Waals surface area (Å²) in [4.78, 5) is 11.7. The van der Waals surface area contributed by atoms with Gasteiger partial charge in [-0.1, -0.05) is 17.7 Å². The zero-order valence-corrected chi connectivity index (χ0v) is 11.6. The van der Waals surface area contributed by atoms with Crippen molar-refractivity contribution in [2.45, 2.75) is 24.5 Å². The summed E-state index contributed by atoms with van der Waals surface area (Å²) in [5, 5.41) is 14.6. The predicted octanol–water partition coefficient (Wildman–Crippen LogP) is 1.63. The fourth-order valence-electron chi connectivity index (χ4n) is 2.15. The molecule has 0 aromatic heterocycles. The molecule has 1 aromatic rings. The Morgan fingerprint density at radius 3 is 2.86 bits per heavy atom. The van der Waals surface area contributed by atoms with Crippen LogP contribution in [0, 0.1) is 5.82 Å². The van der Waals surface area contributed by atoms with Gasteiger partial charge in [0.05, 0.1) is 12.6 Å². The van der Waals surface area contributed by atoms with Crippen LogP contribution in [-0.4, -0.2) is 36.1 Å². The first-order valence-corrected chi connectivity index (χ1v) is 6.69. The summed E-state index contributed by atoms with van der Waals surface area (Å²) in [6, 6.07) is 2.90. The summed E-state index contributed by atoms with van der Waals surface area (Å²) in [5.41, 5.74) is -0.135. The molecule has 2 unspecified atom stereocenters. The molecule has 0 bridgehead atoms. The van der Waals surface area contributed by atoms with Gasteiger partial charge in [0, 0.05) is 23.6 Å². The van der Waals surface area contributed by atoms with E-state index in [1.165, 1.54) is 12.1 Å². The molecule has 1 aliphatic rings. The molecular formula is C13H14ClF3N2O2. The Hall–Kier alpha value is -1.31. The topological polar surface area (TPSA) is 61.4 Å². The highest BCUT2D eigenvalue weighted by atomic mass is 35.5. The second-order valence-corrected chi connectivity index (χ2v) is 5.30. The van der Waals surface area contributed by atoms with E-state index in [4.69, 9.17) is 11.6 Å². The zero-order valence-electron chi connectivity index (χ0n) is 10.9. The van der Waals surface area contributed by atoms with Crippen molar-refractivity contribution in [2.24, 2.45) is 0 Å². The second kappa shape index (κ2) is 6.21. The first-order valence-electron chi connectivity index (χ1n) is 6.31. The molecule has 1 aliphatic heterocycles. The van der Waals surface area contributed by atoms with Gasteiger partial charge in [0.25, 0.3) is 5.92 Å². The second-order valence-electron chi connectivity index (χ2n) is 4.89. The smallest absolute Gasteiger partial charge is 0.262 e. The summed E-state index contributed by atoms with van der Waals surface area (Å²) >= 11 is 5.78. The number of hydrogen-bond donors (Lipinski definition) is 3. The van der Waals surface area contributed by atoms with Crippen LogP contribution in [0.15, 0.2) is 18.2 Å². The lowest BCUT2D eigenvalue weighted by molar-refractivity contribution is -0.123. The number of hydrogen-bond acceptors (Lipinski definition) is 3. The average Bonchev–Trinajstić information content (AvgIpc) is 2.76. The van der Waals surface area contributed by atoms with Crippen molar-refractivity contribution in [3.05, 3.63) is 34.6 Å². The van der Waals surface area contributed by atoms with Crippen molar-refractivity contribution in [1.82, 2.24) is 10.6 Å². The molecule has 0 saturated carbocycles. The molecule has 3 N–H and O–H groups in total. The third kappa shape index (κ3) is 3.87. The van der Waals surface area contributed by atoms with Crippen LogP contribution >= 0.6 is 11.6 Å². The number of alkyl halides is 2. The standard InChI is InChI=1S/C13H14ClF3N2O2/c14-7-2-1-3-8(15)11(7)10(20)5-18-12(21)9-4-13(16,17)6-19-9/h1-3,9-10,19-20H,4-6H2,(H,18,21). The van der Waals surface area contributed by atoms with Crippen LogP contribution in [0.25, 0.3) is 0 Å². The average molecular weight is 323 g/mol. The molecular weight excluding hydrogens is 309 g/mol. The zero-order chi connectivity index (χ0) is 15.6. The molecule has 1 saturated heterocycles. The third-order valence-electron chi connectivity index (χ3n) is 3.23. The van der Waals surface area contributed by atoms with Gasteiger partial charge in [-0.25, -0.2) is 13.2 Å². The lowest BCUT2D eigenvalue weighted by Gasteiger charge is -2.16. The molecule has 0 aliphatic carbocycles. The molecule has 116 valence electrons. The van der Waals surface area contributed by atoms with Crippen molar-refractivity contribution < 1.29 is 23.1 Å². The van der Waals surface area contributed by atoms with Crippen molar-refractivity contribution in [1.29, 1.82) is 0 Å². The fraction of sp³-hybridized carbons (Fsp3) is 0.462. The Balaban J connectivity index is 1.92. The number of benzene rings is 1. The van der Waals surface area contributed by atoms with Crippen LogP contribution < -0.4 is 10.6 Å². The van der Waals surface area contributed by atoms with Gasteiger partial charge >= 0.3 is 0 Å². The molecule has 1 amide bonds. The van der Waals surface area contributed by atoms with Crippen molar-refractivity contribution in [2.75, 3.05) is 13.1 Å². The maximum Gasteiger partial charge on any atom is 0.262 e. The highest BCUT2D eigenvalue weighted by molar-refractivity contribution is 6.31. The summed E-state index contributed by atoms with van der Waals surface area (Å²) in [6.45, 7) is -0.879. The van der Waals surface area contributed by atoms with Gasteiger partial charge in [-0.15, -0.1) is 0 Å². The van der Waals surface area contributed by atoms with E-state index < -0.39 is 42.8 Å². The molecule has 1 aromatic carbocycles. The Morgan fingerprint density at radius 1 is 1.57 bits per heavy atom. The van der Waals surface area contributed by atoms with Gasteiger partial charge in [0.15, 0.2) is 0 Å². The largest absolute Gasteiger partial charge is 0.386 e. The Labute approximate surface area is 124 Å². The van der Waals surface area contributed by atoms with E-state index in [1.807, 2.05) is 0 Å². The van der Waals surface area contributed by atoms with E-state index in [1.54, 1.807) is 0 Å². The van der Waals surface area contributed by atoms with Gasteiger partial charge in [-0.3, -0.25) is 10.1 Å². The number of amides is 1. The number of aliphatic hydroxyl groups excluding tert-OH is 1. The van der Waals surface area contributed by atoms with E-state index in [-0.39, 0.29) is 17.1 Å². The molecule has 21 heavy (non-hydrogen) atoms. The molecule has 8 heteroatoms. The van der Waals surface area contributed by atoms with Crippen LogP contribution in [0.2, 0.25) is 5.02 Å². The van der Waals surface area contributed by atoms with Gasteiger partial charge in [-0.2, -0.15) is 0 Å². The van der Waals surface area contributed by atoms with Crippen molar-refractivity contribution in [3.63, 3.8) is 0 Å². The highest BCUT2D eigenvalue weighted by Crippen LogP contribution is 2.26. The van der Waals surface area contributed by atoms with Crippen LogP contribution in [-0.2, 0) is 4.79 Å². The van der Waals surface area contributed by atoms with Gasteiger partial charge in [-0.05, 0) is 12.1 Å². The minimum absolute atomic E-state index is 0.0299. The Morgan fingerprint density at radius 2 is 2.29 bits per heavy atom. The van der Waals surface area contributed by atoms with Gasteiger partial charge in [0.1, 0.15) is 11.9 Å². The van der Waals surface area contributed by atoms with Crippen LogP contribution in [0.4, 0.5) is 13.2 Å². The van der Waals surface area contributed by atoms with Gasteiger partial charge < -0.3 is 10.4 Å². The van der Waals surface area contributed by atoms with Gasteiger partial charge in [0.2, 0.25) is 5.91 Å². The van der Waals surface area contributed by atoms with E-state index >= 15 is 0 Å². The molecule has 2 atom stereocenters. The minimum Gasteiger partial charge on any atom is -0.386 e. The third-order valence-corrected chi connectivity index (χ3v) is 3.56. The van der Waals surface area contributed by atoms with Crippen LogP contribution in [0.5, 0.6) is 0 Å². The normalized spacial score (nSPS) is 22.0. The summed E-state index contributed by atoms with van der Waals surface area (Å²) in [7, 11) is 0. The van der Waals surface area contributed by atoms with E-state index in [9.17, 15) is 23.1 Å². The number of rotatable bonds is 4. The van der Waals surface area contributed by atoms with Crippen LogP contribution in [0.1, 0.15) is 18.1 Å². The minimum atomic E-state index is -2.92. The van der Waals surface area contributed by atoms with E-state index in [0.717, 1.165) is 6.07 Å². The molecule has 0 spiro atoms. The SMILES string of the molecule is O=C(NCC(O)c1c(F)cccc1Cl)C1CC(F)(F)CN1. The van der Waals surface area contributed by atoms with Crippen LogP contribution in [0.3, 0.4) is 0 Å². The summed E-state index contributed by atoms with van der Waals surface area (Å²) in [6.07, 6.45) is -1.96. The fourth-order valence-corrected chi connectivity index (χ4v) is 2.44. The molecule has 2 rings (SSSR count). The van der Waals surface area contributed by atoms with Crippen molar-refractivity contribution in [3.8, 4) is 0 Å². The first-order chi connectivity index (χ1) is 9.80. The molecule has 1 fully saturated rings. The van der Waals surface area contributed by atoms with Crippen molar-refractivity contribution >= 4 is 17.5 Å². The molecule has 0 radical (unpaired) electrons. The maximum absolute atomic E-state index is 13.6. The lowest BCUT2D eigenvalue weighted by Crippen LogP contribution is -2.42. The number of aliphatic hydroxyl groups is 1. The van der Waals surface area contributed by atoms with E-state index in [2.05, 4.69) is 10.6 Å². The summed E-state index contributed by atoms with van der Waals surface area (Å²) < 4.78 is 39.5. The number of halogens is 4. The number of carbonyl (C=O) groups is 1. The maximum atomic E-state index is 13.6. The highest BCUT2D eigenvalue weighted by Gasteiger charge is 2.42. The predicted molar refractivity (Wildman–Crippen MR) is 70.7 cm³/mol. The first kappa shape index (κ1) is 16.1. The monoisotopic (exact) mass is 322 g/mol. The summed E-state index contributed by atoms with van der Waals surface area (Å²) in [5.74, 6) is -4.29. The molecule has 4 nitrogen and oxygen atoms in total. The Bertz CT molecular complexity index is 522. The quantitative estimate of drug-likeness (QED) is 0.789. The number of nitrogens with one attached hydrogen (secondary N) is 2. The molecule has 1 heterocycles. The number of carbonyl (C=O) groups excluding carboxylic acids is 1. The van der Waals surface area contributed by atoms with E-state index in [0.29, 0.717) is 0 Å². The Kier molecular flexibility index (Phi) is 4.75. The lowest BCUT2D eigenvalue weighted by atomic mass is 10.1.